The van der Waals surface area contributed by atoms with E-state index in [0.717, 1.165) is 25.7 Å². The first-order valence-electron chi connectivity index (χ1n) is 10.6. The molecule has 0 spiro atoms. The summed E-state index contributed by atoms with van der Waals surface area (Å²) in [7, 11) is 0. The lowest BCUT2D eigenvalue weighted by molar-refractivity contribution is -0.241. The van der Waals surface area contributed by atoms with Crippen molar-refractivity contribution in [1.29, 1.82) is 0 Å². The summed E-state index contributed by atoms with van der Waals surface area (Å²) < 4.78 is 58.1. The largest absolute Gasteiger partial charge is 0.462 e. The third kappa shape index (κ3) is 5.50. The molecule has 1 aliphatic carbocycles. The Kier molecular flexibility index (Phi) is 7.42. The number of fused-ring (bicyclic) bond motifs is 1. The van der Waals surface area contributed by atoms with Crippen LogP contribution in [0.4, 0.5) is 13.2 Å². The molecule has 2 aliphatic heterocycles. The summed E-state index contributed by atoms with van der Waals surface area (Å²) in [4.78, 5) is 11.5. The number of rotatable bonds is 8. The SMILES string of the molecule is CCCCC(C(/C=C/C1CCC2OC(=O)CC12)OC1CCCCO1)C(F)(F)F. The molecule has 160 valence electrons. The van der Waals surface area contributed by atoms with Crippen molar-refractivity contribution in [3.8, 4) is 0 Å². The number of ether oxygens (including phenoxy) is 3. The zero-order chi connectivity index (χ0) is 20.1. The van der Waals surface area contributed by atoms with Crippen molar-refractivity contribution in [3.63, 3.8) is 0 Å². The summed E-state index contributed by atoms with van der Waals surface area (Å²) in [6.07, 6.45) is 3.02. The third-order valence-corrected chi connectivity index (χ3v) is 6.18. The van der Waals surface area contributed by atoms with E-state index in [1.165, 1.54) is 0 Å². The van der Waals surface area contributed by atoms with Gasteiger partial charge in [-0.25, -0.2) is 0 Å². The van der Waals surface area contributed by atoms with Gasteiger partial charge in [-0.3, -0.25) is 4.79 Å². The van der Waals surface area contributed by atoms with E-state index in [1.54, 1.807) is 6.08 Å². The molecule has 3 fully saturated rings. The number of carbonyl (C=O) groups excluding carboxylic acids is 1. The topological polar surface area (TPSA) is 44.8 Å². The Bertz CT molecular complexity index is 542. The predicted molar refractivity (Wildman–Crippen MR) is 97.4 cm³/mol. The number of allylic oxidation sites excluding steroid dienone is 1. The summed E-state index contributed by atoms with van der Waals surface area (Å²) >= 11 is 0. The first-order valence-corrected chi connectivity index (χ1v) is 10.6. The number of halogens is 3. The molecule has 7 heteroatoms. The smallest absolute Gasteiger partial charge is 0.394 e. The first kappa shape index (κ1) is 21.6. The summed E-state index contributed by atoms with van der Waals surface area (Å²) in [5.41, 5.74) is 0. The summed E-state index contributed by atoms with van der Waals surface area (Å²) in [6, 6.07) is 0. The molecule has 6 unspecified atom stereocenters. The molecule has 0 N–H and O–H groups in total. The maximum atomic E-state index is 13.8. The van der Waals surface area contributed by atoms with Crippen LogP contribution in [0.15, 0.2) is 12.2 Å². The number of hydrogen-bond acceptors (Lipinski definition) is 4. The van der Waals surface area contributed by atoms with Crippen LogP contribution < -0.4 is 0 Å². The molecule has 0 bridgehead atoms. The molecule has 0 aromatic rings. The van der Waals surface area contributed by atoms with Crippen molar-refractivity contribution in [3.05, 3.63) is 12.2 Å². The lowest BCUT2D eigenvalue weighted by atomic mass is 9.90. The zero-order valence-electron chi connectivity index (χ0n) is 16.5. The van der Waals surface area contributed by atoms with E-state index in [2.05, 4.69) is 0 Å². The Labute approximate surface area is 164 Å². The minimum atomic E-state index is -4.33. The van der Waals surface area contributed by atoms with Gasteiger partial charge in [-0.1, -0.05) is 31.9 Å². The highest BCUT2D eigenvalue weighted by Crippen LogP contribution is 2.42. The van der Waals surface area contributed by atoms with Gasteiger partial charge >= 0.3 is 12.1 Å². The van der Waals surface area contributed by atoms with E-state index >= 15 is 0 Å². The Hall–Kier alpha value is -1.08. The van der Waals surface area contributed by atoms with Gasteiger partial charge in [0.25, 0.3) is 0 Å². The van der Waals surface area contributed by atoms with Crippen molar-refractivity contribution in [1.82, 2.24) is 0 Å². The number of esters is 1. The van der Waals surface area contributed by atoms with Gasteiger partial charge < -0.3 is 14.2 Å². The molecule has 0 aromatic carbocycles. The molecule has 0 amide bonds. The lowest BCUT2D eigenvalue weighted by Crippen LogP contribution is -2.38. The van der Waals surface area contributed by atoms with Gasteiger partial charge in [0, 0.05) is 12.5 Å². The Morgan fingerprint density at radius 2 is 2.07 bits per heavy atom. The molecule has 2 saturated heterocycles. The Morgan fingerprint density at radius 3 is 2.75 bits per heavy atom. The zero-order valence-corrected chi connectivity index (χ0v) is 16.5. The van der Waals surface area contributed by atoms with Crippen LogP contribution in [0.25, 0.3) is 0 Å². The van der Waals surface area contributed by atoms with Crippen LogP contribution in [0.2, 0.25) is 0 Å². The van der Waals surface area contributed by atoms with Crippen LogP contribution >= 0.6 is 0 Å². The van der Waals surface area contributed by atoms with Gasteiger partial charge in [0.05, 0.1) is 18.4 Å². The minimum absolute atomic E-state index is 0.0417. The maximum Gasteiger partial charge on any atom is 0.394 e. The van der Waals surface area contributed by atoms with Crippen molar-refractivity contribution in [2.75, 3.05) is 6.61 Å². The Balaban J connectivity index is 1.73. The highest BCUT2D eigenvalue weighted by molar-refractivity contribution is 5.72. The standard InChI is InChI=1S/C21H31F3O4/c1-2-3-6-16(21(22,23)24)18(28-20-7-4-5-12-26-20)11-9-14-8-10-17-15(14)13-19(25)27-17/h9,11,14-18,20H,2-8,10,12-13H2,1H3/b11-9+. The molecule has 3 rings (SSSR count). The molecular formula is C21H31F3O4. The molecular weight excluding hydrogens is 373 g/mol. The fraction of sp³-hybridized carbons (Fsp3) is 0.857. The molecule has 3 aliphatic rings. The van der Waals surface area contributed by atoms with E-state index in [9.17, 15) is 18.0 Å². The molecule has 28 heavy (non-hydrogen) atoms. The second-order valence-corrected chi connectivity index (χ2v) is 8.21. The lowest BCUT2D eigenvalue weighted by Gasteiger charge is -2.32. The van der Waals surface area contributed by atoms with Crippen molar-refractivity contribution >= 4 is 5.97 Å². The highest BCUT2D eigenvalue weighted by atomic mass is 19.4. The van der Waals surface area contributed by atoms with E-state index < -0.39 is 24.5 Å². The molecule has 0 aromatic heterocycles. The summed E-state index contributed by atoms with van der Waals surface area (Å²) in [5.74, 6) is -1.61. The van der Waals surface area contributed by atoms with Crippen LogP contribution in [0.5, 0.6) is 0 Å². The van der Waals surface area contributed by atoms with Crippen LogP contribution in [0.3, 0.4) is 0 Å². The van der Waals surface area contributed by atoms with Crippen LogP contribution in [0.1, 0.15) is 64.7 Å². The number of carbonyl (C=O) groups is 1. The van der Waals surface area contributed by atoms with E-state index in [1.807, 2.05) is 13.0 Å². The quantitative estimate of drug-likeness (QED) is 0.414. The van der Waals surface area contributed by atoms with Crippen LogP contribution in [0, 0.1) is 17.8 Å². The molecule has 2 heterocycles. The third-order valence-electron chi connectivity index (χ3n) is 6.18. The van der Waals surface area contributed by atoms with E-state index in [-0.39, 0.29) is 30.3 Å². The van der Waals surface area contributed by atoms with Gasteiger partial charge in [-0.15, -0.1) is 0 Å². The molecule has 4 nitrogen and oxygen atoms in total. The first-order chi connectivity index (χ1) is 13.4. The second kappa shape index (κ2) is 9.61. The molecule has 6 atom stereocenters. The molecule has 0 radical (unpaired) electrons. The fourth-order valence-electron chi connectivity index (χ4n) is 4.60. The normalized spacial score (nSPS) is 33.1. The van der Waals surface area contributed by atoms with Crippen molar-refractivity contribution in [2.45, 2.75) is 89.4 Å². The predicted octanol–water partition coefficient (Wildman–Crippen LogP) is 5.16. The van der Waals surface area contributed by atoms with Gasteiger partial charge in [-0.2, -0.15) is 13.2 Å². The van der Waals surface area contributed by atoms with Gasteiger partial charge in [0.2, 0.25) is 0 Å². The highest BCUT2D eigenvalue weighted by Gasteiger charge is 2.46. The van der Waals surface area contributed by atoms with Gasteiger partial charge in [-0.05, 0) is 44.4 Å². The summed E-state index contributed by atoms with van der Waals surface area (Å²) in [5, 5.41) is 0. The average molecular weight is 404 g/mol. The van der Waals surface area contributed by atoms with Crippen LogP contribution in [-0.2, 0) is 19.0 Å². The molecule has 1 saturated carbocycles. The van der Waals surface area contributed by atoms with Crippen molar-refractivity contribution in [2.24, 2.45) is 17.8 Å². The monoisotopic (exact) mass is 404 g/mol. The van der Waals surface area contributed by atoms with Gasteiger partial charge in [0.15, 0.2) is 6.29 Å². The number of hydrogen-bond donors (Lipinski definition) is 0. The minimum Gasteiger partial charge on any atom is -0.462 e. The van der Waals surface area contributed by atoms with E-state index in [0.29, 0.717) is 32.3 Å². The maximum absolute atomic E-state index is 13.8. The number of unbranched alkanes of at least 4 members (excludes halogenated alkanes) is 1. The summed E-state index contributed by atoms with van der Waals surface area (Å²) in [6.45, 7) is 2.41. The Morgan fingerprint density at radius 1 is 1.25 bits per heavy atom. The average Bonchev–Trinajstić information content (AvgIpc) is 3.18. The van der Waals surface area contributed by atoms with Crippen molar-refractivity contribution < 1.29 is 32.2 Å². The fourth-order valence-corrected chi connectivity index (χ4v) is 4.60. The van der Waals surface area contributed by atoms with Gasteiger partial charge in [0.1, 0.15) is 6.10 Å². The number of alkyl halides is 3. The van der Waals surface area contributed by atoms with E-state index in [4.69, 9.17) is 14.2 Å². The van der Waals surface area contributed by atoms with Crippen LogP contribution in [-0.4, -0.2) is 37.3 Å². The second-order valence-electron chi connectivity index (χ2n) is 8.21.